The fourth-order valence-corrected chi connectivity index (χ4v) is 2.56. The van der Waals surface area contributed by atoms with E-state index in [1.165, 1.54) is 5.56 Å². The molecule has 1 amide bonds. The van der Waals surface area contributed by atoms with Crippen LogP contribution in [0, 0.1) is 6.92 Å². The van der Waals surface area contributed by atoms with E-state index in [4.69, 9.17) is 4.74 Å². The Balaban J connectivity index is 1.47. The number of ether oxygens (including phenoxy) is 1. The molecule has 0 aliphatic heterocycles. The van der Waals surface area contributed by atoms with Gasteiger partial charge in [-0.3, -0.25) is 4.79 Å². The third-order valence-corrected chi connectivity index (χ3v) is 4.26. The van der Waals surface area contributed by atoms with Gasteiger partial charge in [0.1, 0.15) is 6.61 Å². The highest BCUT2D eigenvalue weighted by Crippen LogP contribution is 2.18. The molecule has 2 aromatic carbocycles. The quantitative estimate of drug-likeness (QED) is 0.622. The summed E-state index contributed by atoms with van der Waals surface area (Å²) in [6.45, 7) is 2.75. The second-order valence-electron chi connectivity index (χ2n) is 5.73. The molecule has 0 atom stereocenters. The number of aryl methyl sites for hydroxylation is 1. The first-order valence-electron chi connectivity index (χ1n) is 8.19. The Hall–Kier alpha value is -2.73. The molecule has 1 heterocycles. The van der Waals surface area contributed by atoms with Gasteiger partial charge in [0.2, 0.25) is 5.88 Å². The van der Waals surface area contributed by atoms with Gasteiger partial charge in [0, 0.05) is 21.7 Å². The number of hydrogen-bond donors (Lipinski definition) is 1. The van der Waals surface area contributed by atoms with Crippen LogP contribution in [0.5, 0.6) is 5.88 Å². The van der Waals surface area contributed by atoms with E-state index in [1.807, 2.05) is 49.4 Å². The van der Waals surface area contributed by atoms with Gasteiger partial charge in [0.15, 0.2) is 0 Å². The topological polar surface area (TPSA) is 64.1 Å². The maximum absolute atomic E-state index is 12.0. The smallest absolute Gasteiger partial charge is 0.251 e. The van der Waals surface area contributed by atoms with Crippen molar-refractivity contribution in [2.75, 3.05) is 13.2 Å². The Morgan fingerprint density at radius 2 is 1.73 bits per heavy atom. The monoisotopic (exact) mass is 411 g/mol. The highest BCUT2D eigenvalue weighted by Gasteiger charge is 2.05. The first-order chi connectivity index (χ1) is 12.6. The molecule has 0 saturated heterocycles. The SMILES string of the molecule is Cc1ccc(-c2ccc(OCCNC(=O)c3ccc(Br)cc3)nn2)cc1. The second kappa shape index (κ2) is 8.58. The summed E-state index contributed by atoms with van der Waals surface area (Å²) in [6.07, 6.45) is 0. The lowest BCUT2D eigenvalue weighted by molar-refractivity contribution is 0.0946. The van der Waals surface area contributed by atoms with Crippen molar-refractivity contribution < 1.29 is 9.53 Å². The van der Waals surface area contributed by atoms with Crippen molar-refractivity contribution in [1.82, 2.24) is 15.5 Å². The van der Waals surface area contributed by atoms with Crippen molar-refractivity contribution in [2.24, 2.45) is 0 Å². The largest absolute Gasteiger partial charge is 0.475 e. The molecule has 1 aromatic heterocycles. The molecule has 0 radical (unpaired) electrons. The van der Waals surface area contributed by atoms with Crippen molar-refractivity contribution in [1.29, 1.82) is 0 Å². The highest BCUT2D eigenvalue weighted by molar-refractivity contribution is 9.10. The zero-order valence-corrected chi connectivity index (χ0v) is 15.9. The van der Waals surface area contributed by atoms with Gasteiger partial charge in [-0.15, -0.1) is 10.2 Å². The first kappa shape index (κ1) is 18.1. The molecule has 26 heavy (non-hydrogen) atoms. The maximum atomic E-state index is 12.0. The second-order valence-corrected chi connectivity index (χ2v) is 6.65. The third kappa shape index (κ3) is 4.89. The molecule has 0 unspecified atom stereocenters. The summed E-state index contributed by atoms with van der Waals surface area (Å²) in [5, 5.41) is 11.1. The zero-order valence-electron chi connectivity index (χ0n) is 14.3. The van der Waals surface area contributed by atoms with Crippen LogP contribution in [0.25, 0.3) is 11.3 Å². The van der Waals surface area contributed by atoms with E-state index >= 15 is 0 Å². The number of nitrogens with one attached hydrogen (secondary N) is 1. The predicted molar refractivity (Wildman–Crippen MR) is 104 cm³/mol. The number of halogens is 1. The summed E-state index contributed by atoms with van der Waals surface area (Å²) in [5.74, 6) is 0.292. The molecule has 0 spiro atoms. The van der Waals surface area contributed by atoms with Crippen LogP contribution in [-0.4, -0.2) is 29.3 Å². The van der Waals surface area contributed by atoms with Crippen LogP contribution in [0.3, 0.4) is 0 Å². The minimum absolute atomic E-state index is 0.137. The summed E-state index contributed by atoms with van der Waals surface area (Å²) in [4.78, 5) is 12.0. The molecule has 0 saturated carbocycles. The molecule has 3 rings (SSSR count). The maximum Gasteiger partial charge on any atom is 0.251 e. The standard InChI is InChI=1S/C20H18BrN3O2/c1-14-2-4-15(5-3-14)18-10-11-19(24-23-18)26-13-12-22-20(25)16-6-8-17(21)9-7-16/h2-11H,12-13H2,1H3,(H,22,25). The fraction of sp³-hybridized carbons (Fsp3) is 0.150. The molecule has 0 fully saturated rings. The number of benzene rings is 2. The van der Waals surface area contributed by atoms with Gasteiger partial charge in [-0.05, 0) is 37.3 Å². The molecule has 0 aliphatic rings. The average Bonchev–Trinajstić information content (AvgIpc) is 2.67. The summed E-state index contributed by atoms with van der Waals surface area (Å²) in [7, 11) is 0. The van der Waals surface area contributed by atoms with Crippen molar-refractivity contribution >= 4 is 21.8 Å². The minimum atomic E-state index is -0.137. The van der Waals surface area contributed by atoms with Gasteiger partial charge in [-0.25, -0.2) is 0 Å². The number of carbonyl (C=O) groups is 1. The van der Waals surface area contributed by atoms with E-state index in [1.54, 1.807) is 18.2 Å². The molecule has 3 aromatic rings. The zero-order chi connectivity index (χ0) is 18.4. The van der Waals surface area contributed by atoms with Crippen LogP contribution in [0.15, 0.2) is 65.1 Å². The number of rotatable bonds is 6. The van der Waals surface area contributed by atoms with Gasteiger partial charge in [-0.1, -0.05) is 45.8 Å². The van der Waals surface area contributed by atoms with Crippen molar-refractivity contribution in [3.63, 3.8) is 0 Å². The van der Waals surface area contributed by atoms with Gasteiger partial charge in [-0.2, -0.15) is 0 Å². The molecule has 6 heteroatoms. The van der Waals surface area contributed by atoms with Crippen LogP contribution in [0.2, 0.25) is 0 Å². The minimum Gasteiger partial charge on any atom is -0.475 e. The van der Waals surface area contributed by atoms with Crippen LogP contribution in [0.4, 0.5) is 0 Å². The number of carbonyl (C=O) groups excluding carboxylic acids is 1. The van der Waals surface area contributed by atoms with Crippen molar-refractivity contribution in [3.8, 4) is 17.1 Å². The van der Waals surface area contributed by atoms with Crippen molar-refractivity contribution in [2.45, 2.75) is 6.92 Å². The van der Waals surface area contributed by atoms with Crippen LogP contribution >= 0.6 is 15.9 Å². The highest BCUT2D eigenvalue weighted by atomic mass is 79.9. The molecular weight excluding hydrogens is 394 g/mol. The summed E-state index contributed by atoms with van der Waals surface area (Å²) >= 11 is 3.34. The third-order valence-electron chi connectivity index (χ3n) is 3.73. The first-order valence-corrected chi connectivity index (χ1v) is 8.98. The van der Waals surface area contributed by atoms with E-state index in [9.17, 15) is 4.79 Å². The fourth-order valence-electron chi connectivity index (χ4n) is 2.30. The van der Waals surface area contributed by atoms with E-state index < -0.39 is 0 Å². The summed E-state index contributed by atoms with van der Waals surface area (Å²) < 4.78 is 6.46. The molecule has 0 bridgehead atoms. The Morgan fingerprint density at radius 1 is 1.00 bits per heavy atom. The summed E-state index contributed by atoms with van der Waals surface area (Å²) in [5.41, 5.74) is 3.61. The lowest BCUT2D eigenvalue weighted by Crippen LogP contribution is -2.28. The number of aromatic nitrogens is 2. The average molecular weight is 412 g/mol. The summed E-state index contributed by atoms with van der Waals surface area (Å²) in [6, 6.07) is 18.9. The van der Waals surface area contributed by atoms with E-state index in [0.29, 0.717) is 24.6 Å². The van der Waals surface area contributed by atoms with E-state index in [-0.39, 0.29) is 5.91 Å². The van der Waals surface area contributed by atoms with E-state index in [2.05, 4.69) is 31.4 Å². The predicted octanol–water partition coefficient (Wildman–Crippen LogP) is 4.02. The Labute approximate surface area is 160 Å². The molecule has 1 N–H and O–H groups in total. The number of hydrogen-bond acceptors (Lipinski definition) is 4. The lowest BCUT2D eigenvalue weighted by Gasteiger charge is -2.07. The lowest BCUT2D eigenvalue weighted by atomic mass is 10.1. The van der Waals surface area contributed by atoms with Gasteiger partial charge in [0.05, 0.1) is 12.2 Å². The van der Waals surface area contributed by atoms with Gasteiger partial charge in [0.25, 0.3) is 5.91 Å². The van der Waals surface area contributed by atoms with Crippen LogP contribution < -0.4 is 10.1 Å². The van der Waals surface area contributed by atoms with E-state index in [0.717, 1.165) is 15.7 Å². The van der Waals surface area contributed by atoms with Crippen LogP contribution in [0.1, 0.15) is 15.9 Å². The Morgan fingerprint density at radius 3 is 2.38 bits per heavy atom. The molecular formula is C20H18BrN3O2. The molecule has 132 valence electrons. The van der Waals surface area contributed by atoms with Crippen LogP contribution in [-0.2, 0) is 0 Å². The van der Waals surface area contributed by atoms with Gasteiger partial charge < -0.3 is 10.1 Å². The van der Waals surface area contributed by atoms with Gasteiger partial charge >= 0.3 is 0 Å². The molecule has 0 aliphatic carbocycles. The normalized spacial score (nSPS) is 10.4. The van der Waals surface area contributed by atoms with Crippen molar-refractivity contribution in [3.05, 3.63) is 76.3 Å². The Kier molecular flexibility index (Phi) is 5.96. The molecule has 5 nitrogen and oxygen atoms in total. The number of amides is 1. The Bertz CT molecular complexity index is 863. The number of nitrogens with zero attached hydrogens (tertiary/aromatic N) is 2.